The number of nitrogens with one attached hydrogen (secondary N) is 1. The molecular weight excluding hydrogens is 206 g/mol. The molecule has 0 saturated carbocycles. The Morgan fingerprint density at radius 3 is 3.06 bits per heavy atom. The van der Waals surface area contributed by atoms with E-state index >= 15 is 0 Å². The van der Waals surface area contributed by atoms with Crippen molar-refractivity contribution in [1.29, 1.82) is 0 Å². The zero-order valence-electron chi connectivity index (χ0n) is 9.29. The van der Waals surface area contributed by atoms with Crippen molar-refractivity contribution < 1.29 is 14.2 Å². The Kier molecular flexibility index (Phi) is 2.36. The predicted octanol–water partition coefficient (Wildman–Crippen LogP) is 1.50. The molecule has 0 aliphatic carbocycles. The first-order valence-electron chi connectivity index (χ1n) is 5.57. The van der Waals surface area contributed by atoms with Crippen LogP contribution in [0.25, 0.3) is 0 Å². The van der Waals surface area contributed by atoms with Gasteiger partial charge in [0.05, 0.1) is 7.11 Å². The van der Waals surface area contributed by atoms with Gasteiger partial charge in [-0.3, -0.25) is 0 Å². The molecule has 1 aromatic rings. The summed E-state index contributed by atoms with van der Waals surface area (Å²) < 4.78 is 16.3. The maximum absolute atomic E-state index is 5.47. The second kappa shape index (κ2) is 3.87. The number of hydrogen-bond donors (Lipinski definition) is 1. The minimum atomic E-state index is 0.290. The first kappa shape index (κ1) is 9.78. The molecule has 0 amide bonds. The number of methoxy groups -OCH3 is 1. The molecule has 0 aromatic heterocycles. The Labute approximate surface area is 94.5 Å². The molecule has 0 bridgehead atoms. The molecule has 1 aromatic carbocycles. The monoisotopic (exact) mass is 221 g/mol. The van der Waals surface area contributed by atoms with Crippen LogP contribution < -0.4 is 19.5 Å². The number of ether oxygens (including phenoxy) is 3. The topological polar surface area (TPSA) is 39.7 Å². The quantitative estimate of drug-likeness (QED) is 0.821. The molecule has 3 rings (SSSR count). The molecule has 1 fully saturated rings. The average molecular weight is 221 g/mol. The van der Waals surface area contributed by atoms with Crippen molar-refractivity contribution in [2.24, 2.45) is 0 Å². The molecule has 0 radical (unpaired) electrons. The second-order valence-corrected chi connectivity index (χ2v) is 4.11. The number of fused-ring (bicyclic) bond motifs is 1. The van der Waals surface area contributed by atoms with E-state index in [2.05, 4.69) is 11.4 Å². The van der Waals surface area contributed by atoms with E-state index in [1.807, 2.05) is 6.07 Å². The number of rotatable bonds is 2. The number of hydrogen-bond acceptors (Lipinski definition) is 4. The zero-order chi connectivity index (χ0) is 11.0. The molecule has 1 atom stereocenters. The highest BCUT2D eigenvalue weighted by atomic mass is 16.7. The van der Waals surface area contributed by atoms with Crippen molar-refractivity contribution in [2.75, 3.05) is 27.0 Å². The van der Waals surface area contributed by atoms with Gasteiger partial charge in [-0.1, -0.05) is 6.07 Å². The lowest BCUT2D eigenvalue weighted by atomic mass is 9.97. The van der Waals surface area contributed by atoms with Crippen LogP contribution in [0, 0.1) is 0 Å². The molecular formula is C12H15NO3. The van der Waals surface area contributed by atoms with Gasteiger partial charge >= 0.3 is 0 Å². The summed E-state index contributed by atoms with van der Waals surface area (Å²) in [6.07, 6.45) is 1.15. The van der Waals surface area contributed by atoms with E-state index in [0.29, 0.717) is 5.92 Å². The van der Waals surface area contributed by atoms with Crippen molar-refractivity contribution in [3.63, 3.8) is 0 Å². The normalized spacial score (nSPS) is 22.4. The van der Waals surface area contributed by atoms with Gasteiger partial charge in [-0.2, -0.15) is 0 Å². The van der Waals surface area contributed by atoms with E-state index in [1.54, 1.807) is 7.11 Å². The fourth-order valence-corrected chi connectivity index (χ4v) is 2.41. The lowest BCUT2D eigenvalue weighted by molar-refractivity contribution is 0.171. The summed E-state index contributed by atoms with van der Waals surface area (Å²) in [5.74, 6) is 2.90. The molecule has 0 spiro atoms. The highest BCUT2D eigenvalue weighted by Gasteiger charge is 2.27. The van der Waals surface area contributed by atoms with Gasteiger partial charge in [0.25, 0.3) is 0 Å². The summed E-state index contributed by atoms with van der Waals surface area (Å²) in [6, 6.07) is 4.06. The summed E-state index contributed by atoms with van der Waals surface area (Å²) in [4.78, 5) is 0. The maximum Gasteiger partial charge on any atom is 0.231 e. The van der Waals surface area contributed by atoms with Gasteiger partial charge in [-0.15, -0.1) is 0 Å². The summed E-state index contributed by atoms with van der Waals surface area (Å²) in [6.45, 7) is 2.37. The van der Waals surface area contributed by atoms with Gasteiger partial charge < -0.3 is 19.5 Å². The van der Waals surface area contributed by atoms with Crippen molar-refractivity contribution in [2.45, 2.75) is 12.3 Å². The lowest BCUT2D eigenvalue weighted by Crippen LogP contribution is -2.08. The maximum atomic E-state index is 5.47. The Morgan fingerprint density at radius 2 is 2.31 bits per heavy atom. The molecule has 1 unspecified atom stereocenters. The lowest BCUT2D eigenvalue weighted by Gasteiger charge is -2.15. The van der Waals surface area contributed by atoms with Gasteiger partial charge in [0.15, 0.2) is 11.5 Å². The third-order valence-corrected chi connectivity index (χ3v) is 3.23. The summed E-state index contributed by atoms with van der Waals surface area (Å²) in [5.41, 5.74) is 1.22. The third-order valence-electron chi connectivity index (χ3n) is 3.23. The Hall–Kier alpha value is -1.42. The Balaban J connectivity index is 2.04. The van der Waals surface area contributed by atoms with Gasteiger partial charge in [0, 0.05) is 18.0 Å². The molecule has 4 nitrogen and oxygen atoms in total. The Bertz CT molecular complexity index is 399. The zero-order valence-corrected chi connectivity index (χ0v) is 9.29. The summed E-state index contributed by atoms with van der Waals surface area (Å²) in [7, 11) is 1.68. The van der Waals surface area contributed by atoms with Gasteiger partial charge in [0.1, 0.15) is 0 Å². The molecule has 2 aliphatic heterocycles. The van der Waals surface area contributed by atoms with Crippen LogP contribution in [0.5, 0.6) is 17.2 Å². The van der Waals surface area contributed by atoms with Crippen LogP contribution in [0.3, 0.4) is 0 Å². The van der Waals surface area contributed by atoms with Crippen molar-refractivity contribution in [3.05, 3.63) is 17.7 Å². The van der Waals surface area contributed by atoms with E-state index in [4.69, 9.17) is 14.2 Å². The minimum absolute atomic E-state index is 0.290. The fourth-order valence-electron chi connectivity index (χ4n) is 2.41. The van der Waals surface area contributed by atoms with Crippen LogP contribution in [0.1, 0.15) is 17.9 Å². The van der Waals surface area contributed by atoms with E-state index in [9.17, 15) is 0 Å². The first-order chi connectivity index (χ1) is 7.90. The second-order valence-electron chi connectivity index (χ2n) is 4.11. The SMILES string of the molecule is COc1c(C2CCNC2)ccc2c1OCO2. The fraction of sp³-hybridized carbons (Fsp3) is 0.500. The van der Waals surface area contributed by atoms with Crippen molar-refractivity contribution in [3.8, 4) is 17.2 Å². The van der Waals surface area contributed by atoms with Gasteiger partial charge in [-0.25, -0.2) is 0 Å². The van der Waals surface area contributed by atoms with Crippen LogP contribution in [-0.2, 0) is 0 Å². The van der Waals surface area contributed by atoms with E-state index in [0.717, 1.165) is 36.8 Å². The standard InChI is InChI=1S/C12H15NO3/c1-14-11-9(8-4-5-13-6-8)2-3-10-12(11)16-7-15-10/h2-3,8,13H,4-7H2,1H3. The highest BCUT2D eigenvalue weighted by molar-refractivity contribution is 5.58. The van der Waals surface area contributed by atoms with E-state index in [1.165, 1.54) is 5.56 Å². The van der Waals surface area contributed by atoms with Crippen LogP contribution in [0.15, 0.2) is 12.1 Å². The molecule has 86 valence electrons. The molecule has 16 heavy (non-hydrogen) atoms. The van der Waals surface area contributed by atoms with E-state index < -0.39 is 0 Å². The molecule has 2 heterocycles. The minimum Gasteiger partial charge on any atom is -0.492 e. The third kappa shape index (κ3) is 1.41. The number of benzene rings is 1. The largest absolute Gasteiger partial charge is 0.492 e. The van der Waals surface area contributed by atoms with Crippen molar-refractivity contribution in [1.82, 2.24) is 5.32 Å². The van der Waals surface area contributed by atoms with E-state index in [-0.39, 0.29) is 6.79 Å². The van der Waals surface area contributed by atoms with Crippen LogP contribution in [0.2, 0.25) is 0 Å². The highest BCUT2D eigenvalue weighted by Crippen LogP contribution is 2.46. The summed E-state index contributed by atoms with van der Waals surface area (Å²) >= 11 is 0. The van der Waals surface area contributed by atoms with Gasteiger partial charge in [0.2, 0.25) is 12.5 Å². The molecule has 2 aliphatic rings. The molecule has 1 saturated heterocycles. The predicted molar refractivity (Wildman–Crippen MR) is 59.3 cm³/mol. The van der Waals surface area contributed by atoms with Crippen LogP contribution in [0.4, 0.5) is 0 Å². The molecule has 1 N–H and O–H groups in total. The van der Waals surface area contributed by atoms with Gasteiger partial charge in [-0.05, 0) is 19.0 Å². The first-order valence-corrected chi connectivity index (χ1v) is 5.57. The summed E-state index contributed by atoms with van der Waals surface area (Å²) in [5, 5.41) is 3.36. The van der Waals surface area contributed by atoms with Crippen molar-refractivity contribution >= 4 is 0 Å². The van der Waals surface area contributed by atoms with Crippen LogP contribution >= 0.6 is 0 Å². The van der Waals surface area contributed by atoms with Crippen LogP contribution in [-0.4, -0.2) is 27.0 Å². The smallest absolute Gasteiger partial charge is 0.231 e. The molecule has 4 heteroatoms. The Morgan fingerprint density at radius 1 is 1.38 bits per heavy atom. The average Bonchev–Trinajstić information content (AvgIpc) is 2.97.